The fourth-order valence-corrected chi connectivity index (χ4v) is 5.24. The number of fused-ring (bicyclic) bond motifs is 3. The van der Waals surface area contributed by atoms with Crippen molar-refractivity contribution in [2.75, 3.05) is 46.4 Å². The van der Waals surface area contributed by atoms with Gasteiger partial charge in [0, 0.05) is 60.7 Å². The third-order valence-corrected chi connectivity index (χ3v) is 7.31. The van der Waals surface area contributed by atoms with Gasteiger partial charge in [-0.15, -0.1) is 0 Å². The highest BCUT2D eigenvalue weighted by Crippen LogP contribution is 2.41. The number of likely N-dealkylation sites (N-methyl/N-ethyl adjacent to an activating group) is 1. The van der Waals surface area contributed by atoms with Crippen LogP contribution in [-0.4, -0.2) is 84.2 Å². The Morgan fingerprint density at radius 2 is 1.71 bits per heavy atom. The molecule has 5 rings (SSSR count). The van der Waals surface area contributed by atoms with E-state index in [9.17, 15) is 18.8 Å². The lowest BCUT2D eigenvalue weighted by Crippen LogP contribution is -2.48. The van der Waals surface area contributed by atoms with Gasteiger partial charge in [-0.05, 0) is 55.9 Å². The maximum atomic E-state index is 13.5. The van der Waals surface area contributed by atoms with Crippen molar-refractivity contribution in [1.82, 2.24) is 19.7 Å². The molecule has 3 heterocycles. The molecule has 1 N–H and O–H groups in total. The molecular formula is C30H33FN4O6. The van der Waals surface area contributed by atoms with Crippen LogP contribution in [0.2, 0.25) is 0 Å². The normalized spacial score (nSPS) is 17.0. The monoisotopic (exact) mass is 564 g/mol. The molecule has 0 radical (unpaired) electrons. The third-order valence-electron chi connectivity index (χ3n) is 7.31. The van der Waals surface area contributed by atoms with E-state index in [2.05, 4.69) is 9.88 Å². The largest absolute Gasteiger partial charge is 0.513 e. The molecule has 2 aliphatic heterocycles. The van der Waals surface area contributed by atoms with Crippen LogP contribution in [0.5, 0.6) is 5.75 Å². The Morgan fingerprint density at radius 1 is 1.00 bits per heavy atom. The van der Waals surface area contributed by atoms with Crippen LogP contribution in [0.3, 0.4) is 0 Å². The second kappa shape index (κ2) is 11.2. The number of amides is 2. The molecule has 0 aliphatic carbocycles. The number of carbonyl (C=O) groups excluding carboxylic acids is 3. The summed E-state index contributed by atoms with van der Waals surface area (Å²) in [5.41, 5.74) is 1.64. The number of halogens is 1. The van der Waals surface area contributed by atoms with E-state index in [1.54, 1.807) is 24.0 Å². The Kier molecular flexibility index (Phi) is 7.72. The summed E-state index contributed by atoms with van der Waals surface area (Å²) in [5.74, 6) is -0.363. The number of hydrogen-bond donors (Lipinski definition) is 1. The van der Waals surface area contributed by atoms with Gasteiger partial charge < -0.3 is 33.9 Å². The number of aromatic nitrogens is 1. The molecule has 1 saturated heterocycles. The molecule has 216 valence electrons. The van der Waals surface area contributed by atoms with Crippen molar-refractivity contribution in [3.63, 3.8) is 0 Å². The summed E-state index contributed by atoms with van der Waals surface area (Å²) < 4.78 is 29.8. The quantitative estimate of drug-likeness (QED) is 0.447. The van der Waals surface area contributed by atoms with Gasteiger partial charge in [0.25, 0.3) is 5.91 Å². The molecule has 1 aromatic heterocycles. The van der Waals surface area contributed by atoms with E-state index in [0.29, 0.717) is 30.0 Å². The van der Waals surface area contributed by atoms with Gasteiger partial charge in [-0.25, -0.2) is 14.0 Å². The molecule has 2 aromatic carbocycles. The number of nitrogens with zero attached hydrogens (tertiary/aromatic N) is 3. The van der Waals surface area contributed by atoms with Gasteiger partial charge in [0.05, 0.1) is 18.5 Å². The molecule has 10 nitrogen and oxygen atoms in total. The van der Waals surface area contributed by atoms with E-state index in [4.69, 9.17) is 14.2 Å². The zero-order valence-corrected chi connectivity index (χ0v) is 23.5. The summed E-state index contributed by atoms with van der Waals surface area (Å²) in [4.78, 5) is 47.3. The third kappa shape index (κ3) is 5.90. The van der Waals surface area contributed by atoms with Gasteiger partial charge in [-0.1, -0.05) is 13.8 Å². The SMILES string of the molecule is CCOC(=O)OC1=CN(C(=O)c2ccc(F)cc2)CC(C)(C)c2c1[nH]c1cc(OC(=O)N3CCN(C)CC3)ccc21. The van der Waals surface area contributed by atoms with Gasteiger partial charge in [-0.2, -0.15) is 0 Å². The smallest absolute Gasteiger partial charge is 0.434 e. The Bertz CT molecular complexity index is 1510. The van der Waals surface area contributed by atoms with Crippen molar-refractivity contribution in [3.8, 4) is 5.75 Å². The molecule has 0 unspecified atom stereocenters. The van der Waals surface area contributed by atoms with Gasteiger partial charge in [0.1, 0.15) is 11.6 Å². The lowest BCUT2D eigenvalue weighted by Gasteiger charge is -2.31. The summed E-state index contributed by atoms with van der Waals surface area (Å²) in [6.45, 7) is 8.71. The minimum atomic E-state index is -0.918. The highest BCUT2D eigenvalue weighted by Gasteiger charge is 2.37. The minimum absolute atomic E-state index is 0.0895. The average molecular weight is 565 g/mol. The van der Waals surface area contributed by atoms with Crippen molar-refractivity contribution in [2.24, 2.45) is 0 Å². The van der Waals surface area contributed by atoms with Crippen molar-refractivity contribution in [1.29, 1.82) is 0 Å². The number of aromatic amines is 1. The van der Waals surface area contributed by atoms with Crippen LogP contribution in [0.1, 0.15) is 42.4 Å². The van der Waals surface area contributed by atoms with Crippen molar-refractivity contribution in [3.05, 3.63) is 71.3 Å². The topological polar surface area (TPSA) is 104 Å². The number of rotatable bonds is 4. The number of H-pyrrole nitrogens is 1. The van der Waals surface area contributed by atoms with Crippen LogP contribution in [0.4, 0.5) is 14.0 Å². The highest BCUT2D eigenvalue weighted by molar-refractivity contribution is 5.97. The van der Waals surface area contributed by atoms with Crippen LogP contribution < -0.4 is 4.74 Å². The maximum Gasteiger partial charge on any atom is 0.513 e. The number of nitrogens with one attached hydrogen (secondary N) is 1. The molecule has 0 bridgehead atoms. The molecule has 11 heteroatoms. The van der Waals surface area contributed by atoms with Crippen molar-refractivity contribution >= 4 is 34.8 Å². The van der Waals surface area contributed by atoms with Gasteiger partial charge >= 0.3 is 12.2 Å². The predicted octanol–water partition coefficient (Wildman–Crippen LogP) is 4.96. The second-order valence-corrected chi connectivity index (χ2v) is 10.8. The lowest BCUT2D eigenvalue weighted by atomic mass is 9.82. The summed E-state index contributed by atoms with van der Waals surface area (Å²) in [7, 11) is 2.01. The summed E-state index contributed by atoms with van der Waals surface area (Å²) >= 11 is 0. The summed E-state index contributed by atoms with van der Waals surface area (Å²) in [6, 6.07) is 10.6. The Morgan fingerprint density at radius 3 is 2.39 bits per heavy atom. The van der Waals surface area contributed by atoms with Crippen LogP contribution in [0.15, 0.2) is 48.7 Å². The Labute approximate surface area is 237 Å². The molecule has 2 aliphatic rings. The fourth-order valence-electron chi connectivity index (χ4n) is 5.24. The van der Waals surface area contributed by atoms with Crippen LogP contribution in [-0.2, 0) is 14.9 Å². The fraction of sp³-hybridized carbons (Fsp3) is 0.367. The molecule has 0 atom stereocenters. The van der Waals surface area contributed by atoms with Gasteiger partial charge in [0.15, 0.2) is 5.76 Å². The van der Waals surface area contributed by atoms with E-state index in [0.717, 1.165) is 24.0 Å². The first-order chi connectivity index (χ1) is 19.6. The number of benzene rings is 2. The molecule has 3 aromatic rings. The standard InChI is InChI=1S/C30H33FN4O6/c1-5-39-29(38)41-24-17-35(27(36)19-6-8-20(31)9-7-19)18-30(2,3)25-22-11-10-21(16-23(22)32-26(24)25)40-28(37)34-14-12-33(4)13-15-34/h6-11,16-17,32H,5,12-15,18H2,1-4H3. The Balaban J connectivity index is 1.51. The van der Waals surface area contributed by atoms with E-state index < -0.39 is 23.5 Å². The first-order valence-corrected chi connectivity index (χ1v) is 13.5. The molecule has 41 heavy (non-hydrogen) atoms. The zero-order valence-electron chi connectivity index (χ0n) is 23.5. The second-order valence-electron chi connectivity index (χ2n) is 10.8. The minimum Gasteiger partial charge on any atom is -0.434 e. The van der Waals surface area contributed by atoms with Crippen molar-refractivity contribution in [2.45, 2.75) is 26.2 Å². The number of carbonyl (C=O) groups is 3. The molecule has 0 spiro atoms. The van der Waals surface area contributed by atoms with E-state index in [1.807, 2.05) is 27.0 Å². The van der Waals surface area contributed by atoms with E-state index in [-0.39, 0.29) is 30.4 Å². The van der Waals surface area contributed by atoms with Crippen LogP contribution in [0.25, 0.3) is 16.7 Å². The number of ether oxygens (including phenoxy) is 3. The maximum absolute atomic E-state index is 13.5. The first-order valence-electron chi connectivity index (χ1n) is 13.5. The number of hydrogen-bond acceptors (Lipinski definition) is 7. The van der Waals surface area contributed by atoms with E-state index >= 15 is 0 Å². The van der Waals surface area contributed by atoms with Gasteiger partial charge in [0.2, 0.25) is 0 Å². The summed E-state index contributed by atoms with van der Waals surface area (Å²) in [5, 5.41) is 0.818. The predicted molar refractivity (Wildman–Crippen MR) is 150 cm³/mol. The molecule has 1 fully saturated rings. The molecule has 2 amide bonds. The average Bonchev–Trinajstić information content (AvgIpc) is 3.28. The molecule has 0 saturated carbocycles. The van der Waals surface area contributed by atoms with E-state index in [1.165, 1.54) is 35.4 Å². The number of piperazine rings is 1. The van der Waals surface area contributed by atoms with Crippen LogP contribution in [0, 0.1) is 5.82 Å². The molecular weight excluding hydrogens is 531 g/mol. The summed E-state index contributed by atoms with van der Waals surface area (Å²) in [6.07, 6.45) is 0.131. The lowest BCUT2D eigenvalue weighted by molar-refractivity contribution is 0.0788. The zero-order chi connectivity index (χ0) is 29.3. The van der Waals surface area contributed by atoms with Crippen LogP contribution >= 0.6 is 0 Å². The van der Waals surface area contributed by atoms with Gasteiger partial charge in [-0.3, -0.25) is 4.79 Å². The van der Waals surface area contributed by atoms with Crippen molar-refractivity contribution < 1.29 is 33.0 Å². The first kappa shape index (κ1) is 28.2. The highest BCUT2D eigenvalue weighted by atomic mass is 19.1. The Hall–Kier alpha value is -4.38.